The molecule has 0 saturated carbocycles. The Labute approximate surface area is 487 Å². The number of ketones is 2. The lowest BCUT2D eigenvalue weighted by Crippen LogP contribution is -2.14. The third-order valence-corrected chi connectivity index (χ3v) is 12.1. The van der Waals surface area contributed by atoms with Gasteiger partial charge in [-0.3, -0.25) is 28.8 Å². The van der Waals surface area contributed by atoms with E-state index in [9.17, 15) is 28.8 Å². The van der Waals surface area contributed by atoms with Gasteiger partial charge in [-0.2, -0.15) is 0 Å². The molecule has 0 heterocycles. The Hall–Kier alpha value is -8.82. The molecule has 6 rings (SSSR count). The van der Waals surface area contributed by atoms with Crippen molar-refractivity contribution >= 4 is 35.4 Å². The highest BCUT2D eigenvalue weighted by Gasteiger charge is 2.19. The van der Waals surface area contributed by atoms with Crippen molar-refractivity contribution in [2.75, 3.05) is 120 Å². The molecule has 0 radical (unpaired) electrons. The first-order valence-corrected chi connectivity index (χ1v) is 27.0. The van der Waals surface area contributed by atoms with Crippen LogP contribution in [0.3, 0.4) is 0 Å². The van der Waals surface area contributed by atoms with Gasteiger partial charge >= 0.3 is 23.9 Å². The van der Waals surface area contributed by atoms with Crippen LogP contribution in [0.1, 0.15) is 59.5 Å². The van der Waals surface area contributed by atoms with Crippen molar-refractivity contribution in [3.05, 3.63) is 144 Å². The molecule has 0 unspecified atom stereocenters. The molecule has 6 aromatic rings. The molecule has 0 bridgehead atoms. The number of hydrogen-bond acceptors (Lipinski definition) is 20. The van der Waals surface area contributed by atoms with E-state index in [-0.39, 0.29) is 117 Å². The standard InChI is InChI=1S/C64H70O20/c1-43(65)77-31-23-73-27-35-81-57-21-17-53(41-61(57)83-37-29-75-25-33-79-45(3)67)63(69)49-11-7-47(8-12-49)55-19-15-51(39-59(55)71-5)52-16-20-56(60(40-52)72-6)48-9-13-50(14-10-48)64(70)54-18-22-58(82-36-28-74-24-32-78-44(2)66)62(42-54)84-38-30-76-26-34-80-46(4)68/h7-22,39-42H,23-38H2,1-6H3. The van der Waals surface area contributed by atoms with Gasteiger partial charge in [0.05, 0.1) is 67.1 Å². The Bertz CT molecular complexity index is 2910. The zero-order valence-corrected chi connectivity index (χ0v) is 48.0. The van der Waals surface area contributed by atoms with Gasteiger partial charge in [-0.05, 0) is 70.8 Å². The maximum Gasteiger partial charge on any atom is 0.302 e. The van der Waals surface area contributed by atoms with E-state index >= 15 is 0 Å². The Kier molecular flexibility index (Phi) is 26.5. The van der Waals surface area contributed by atoms with Crippen molar-refractivity contribution in [2.45, 2.75) is 27.7 Å². The van der Waals surface area contributed by atoms with E-state index in [1.165, 1.54) is 27.7 Å². The van der Waals surface area contributed by atoms with E-state index in [1.807, 2.05) is 60.7 Å². The summed E-state index contributed by atoms with van der Waals surface area (Å²) in [6, 6.07) is 36.1. The van der Waals surface area contributed by atoms with Gasteiger partial charge < -0.3 is 66.3 Å². The molecule has 0 aliphatic carbocycles. The molecule has 0 N–H and O–H groups in total. The van der Waals surface area contributed by atoms with Crippen LogP contribution in [-0.4, -0.2) is 155 Å². The fraction of sp³-hybridized carbons (Fsp3) is 0.344. The zero-order chi connectivity index (χ0) is 60.1. The Balaban J connectivity index is 1.10. The van der Waals surface area contributed by atoms with E-state index in [4.69, 9.17) is 66.3 Å². The molecule has 84 heavy (non-hydrogen) atoms. The summed E-state index contributed by atoms with van der Waals surface area (Å²) >= 11 is 0. The number of ether oxygens (including phenoxy) is 14. The molecule has 0 aliphatic rings. The normalized spacial score (nSPS) is 10.8. The largest absolute Gasteiger partial charge is 0.496 e. The van der Waals surface area contributed by atoms with Crippen LogP contribution >= 0.6 is 0 Å². The summed E-state index contributed by atoms with van der Waals surface area (Å²) < 4.78 is 77.3. The van der Waals surface area contributed by atoms with E-state index in [0.717, 1.165) is 33.4 Å². The minimum atomic E-state index is -0.400. The SMILES string of the molecule is COc1cc(-c2ccc(-c3ccc(C(=O)c4ccc(OCCOCCOC(C)=O)c(OCCOCCOC(C)=O)c4)cc3)c(OC)c2)ccc1-c1ccc(C(=O)c2ccc(OCCOCCOC(C)=O)c(OCCOCCOC(C)=O)c2)cc1. The number of methoxy groups -OCH3 is 2. The fourth-order valence-corrected chi connectivity index (χ4v) is 8.14. The monoisotopic (exact) mass is 1160 g/mol. The van der Waals surface area contributed by atoms with Gasteiger partial charge in [-0.25, -0.2) is 0 Å². The van der Waals surface area contributed by atoms with Crippen molar-refractivity contribution < 1.29 is 95.1 Å². The van der Waals surface area contributed by atoms with E-state index in [2.05, 4.69) is 0 Å². The molecule has 20 heteroatoms. The number of carbonyl (C=O) groups is 6. The predicted molar refractivity (Wildman–Crippen MR) is 307 cm³/mol. The molecule has 0 aromatic heterocycles. The molecule has 0 aliphatic heterocycles. The van der Waals surface area contributed by atoms with Crippen molar-refractivity contribution in [3.63, 3.8) is 0 Å². The Morgan fingerprint density at radius 2 is 0.548 bits per heavy atom. The molecule has 0 amide bonds. The highest BCUT2D eigenvalue weighted by Crippen LogP contribution is 2.39. The van der Waals surface area contributed by atoms with Gasteiger partial charge in [-0.1, -0.05) is 72.8 Å². The second kappa shape index (κ2) is 34.6. The number of hydrogen-bond donors (Lipinski definition) is 0. The predicted octanol–water partition coefficient (Wildman–Crippen LogP) is 9.00. The van der Waals surface area contributed by atoms with Crippen molar-refractivity contribution in [1.29, 1.82) is 0 Å². The number of carbonyl (C=O) groups excluding carboxylic acids is 6. The minimum absolute atomic E-state index is 0.113. The highest BCUT2D eigenvalue weighted by molar-refractivity contribution is 6.10. The Morgan fingerprint density at radius 1 is 0.274 bits per heavy atom. The van der Waals surface area contributed by atoms with E-state index in [0.29, 0.717) is 56.8 Å². The lowest BCUT2D eigenvalue weighted by atomic mass is 9.95. The van der Waals surface area contributed by atoms with Gasteiger partial charge in [0.1, 0.15) is 64.4 Å². The number of esters is 4. The molecule has 446 valence electrons. The second-order valence-electron chi connectivity index (χ2n) is 18.2. The van der Waals surface area contributed by atoms with Crippen molar-refractivity contribution in [1.82, 2.24) is 0 Å². The Morgan fingerprint density at radius 3 is 0.845 bits per heavy atom. The lowest BCUT2D eigenvalue weighted by Gasteiger charge is -2.15. The second-order valence-corrected chi connectivity index (χ2v) is 18.2. The first-order chi connectivity index (χ1) is 40.7. The van der Waals surface area contributed by atoms with E-state index < -0.39 is 23.9 Å². The van der Waals surface area contributed by atoms with Gasteiger partial charge in [0.15, 0.2) is 34.6 Å². The molecular weight excluding hydrogens is 1090 g/mol. The average Bonchev–Trinajstić information content (AvgIpc) is 3.17. The fourth-order valence-electron chi connectivity index (χ4n) is 8.14. The van der Waals surface area contributed by atoms with Crippen LogP contribution in [0.4, 0.5) is 0 Å². The number of rotatable bonds is 37. The first kappa shape index (κ1) is 64.3. The van der Waals surface area contributed by atoms with Gasteiger partial charge in [-0.15, -0.1) is 0 Å². The zero-order valence-electron chi connectivity index (χ0n) is 48.0. The first-order valence-electron chi connectivity index (χ1n) is 27.0. The van der Waals surface area contributed by atoms with Crippen LogP contribution in [0.25, 0.3) is 33.4 Å². The summed E-state index contributed by atoms with van der Waals surface area (Å²) in [4.78, 5) is 72.0. The number of benzene rings is 6. The average molecular weight is 1160 g/mol. The summed E-state index contributed by atoms with van der Waals surface area (Å²) in [5, 5.41) is 0. The topological polar surface area (TPSA) is 232 Å². The highest BCUT2D eigenvalue weighted by atomic mass is 16.6. The summed E-state index contributed by atoms with van der Waals surface area (Å²) in [6.07, 6.45) is 0. The molecule has 20 nitrogen and oxygen atoms in total. The maximum absolute atomic E-state index is 13.9. The molecule has 0 atom stereocenters. The van der Waals surface area contributed by atoms with Crippen molar-refractivity contribution in [2.24, 2.45) is 0 Å². The van der Waals surface area contributed by atoms with Crippen LogP contribution in [0.5, 0.6) is 34.5 Å². The maximum atomic E-state index is 13.9. The molecule has 0 spiro atoms. The summed E-state index contributed by atoms with van der Waals surface area (Å²) in [5.41, 5.74) is 6.63. The van der Waals surface area contributed by atoms with Gasteiger partial charge in [0.25, 0.3) is 0 Å². The third-order valence-electron chi connectivity index (χ3n) is 12.1. The van der Waals surface area contributed by atoms with Crippen molar-refractivity contribution in [3.8, 4) is 67.9 Å². The smallest absolute Gasteiger partial charge is 0.302 e. The molecule has 0 fully saturated rings. The lowest BCUT2D eigenvalue weighted by molar-refractivity contribution is -0.143. The molecular formula is C64H70O20. The molecule has 6 aromatic carbocycles. The summed E-state index contributed by atoms with van der Waals surface area (Å²) in [6.45, 7) is 7.96. The molecule has 0 saturated heterocycles. The minimum Gasteiger partial charge on any atom is -0.496 e. The van der Waals surface area contributed by atoms with Crippen LogP contribution in [-0.2, 0) is 57.1 Å². The van der Waals surface area contributed by atoms with Crippen LogP contribution in [0.15, 0.2) is 121 Å². The summed E-state index contributed by atoms with van der Waals surface area (Å²) in [7, 11) is 3.20. The third kappa shape index (κ3) is 20.9. The summed E-state index contributed by atoms with van der Waals surface area (Å²) in [5.74, 6) is 0.563. The van der Waals surface area contributed by atoms with Crippen LogP contribution in [0, 0.1) is 0 Å². The van der Waals surface area contributed by atoms with Crippen LogP contribution in [0.2, 0.25) is 0 Å². The van der Waals surface area contributed by atoms with Gasteiger partial charge in [0, 0.05) is 61.1 Å². The quantitative estimate of drug-likeness (QED) is 0.0153. The van der Waals surface area contributed by atoms with Crippen LogP contribution < -0.4 is 28.4 Å². The van der Waals surface area contributed by atoms with E-state index in [1.54, 1.807) is 74.9 Å². The van der Waals surface area contributed by atoms with Gasteiger partial charge in [0.2, 0.25) is 0 Å².